The van der Waals surface area contributed by atoms with E-state index in [9.17, 15) is 19.9 Å². The van der Waals surface area contributed by atoms with Crippen LogP contribution in [0.25, 0.3) is 11.1 Å². The lowest BCUT2D eigenvalue weighted by atomic mass is 9.92. The number of aromatic nitrogens is 1. The van der Waals surface area contributed by atoms with Crippen LogP contribution < -0.4 is 15.8 Å². The zero-order valence-electron chi connectivity index (χ0n) is 17.5. The molecule has 1 aromatic heterocycles. The number of aliphatic carboxylic acids is 1. The van der Waals surface area contributed by atoms with E-state index < -0.39 is 17.9 Å². The maximum absolute atomic E-state index is 12.7. The molecule has 2 atom stereocenters. The van der Waals surface area contributed by atoms with Gasteiger partial charge in [0.05, 0.1) is 5.92 Å². The van der Waals surface area contributed by atoms with Gasteiger partial charge in [-0.1, -0.05) is 30.3 Å². The van der Waals surface area contributed by atoms with Gasteiger partial charge in [-0.3, -0.25) is 15.0 Å². The second-order valence-corrected chi connectivity index (χ2v) is 7.55. The average molecular weight is 432 g/mol. The van der Waals surface area contributed by atoms with Crippen LogP contribution in [-0.2, 0) is 11.2 Å². The number of nitrogen functional groups attached to an aromatic ring is 1. The number of rotatable bonds is 8. The smallest absolute Gasteiger partial charge is 0.308 e. The number of pyridine rings is 1. The molecule has 0 unspecified atom stereocenters. The van der Waals surface area contributed by atoms with Crippen molar-refractivity contribution in [2.75, 3.05) is 0 Å². The fourth-order valence-corrected chi connectivity index (χ4v) is 3.41. The normalized spacial score (nSPS) is 12.5. The second-order valence-electron chi connectivity index (χ2n) is 7.55. The van der Waals surface area contributed by atoms with Gasteiger partial charge >= 0.3 is 5.97 Å². The molecule has 0 aliphatic heterocycles. The molecule has 0 aliphatic carbocycles. The Morgan fingerprint density at radius 3 is 2.28 bits per heavy atom. The van der Waals surface area contributed by atoms with Crippen LogP contribution in [0.4, 0.5) is 0 Å². The van der Waals surface area contributed by atoms with Crippen molar-refractivity contribution in [2.45, 2.75) is 19.4 Å². The summed E-state index contributed by atoms with van der Waals surface area (Å²) in [7, 11) is 0. The first-order chi connectivity index (χ1) is 15.2. The number of hydrogen-bond acceptors (Lipinski definition) is 4. The standard InChI is InChI=1S/C24H24N4O4/c1-15(21(24(30)31)14-16-3-2-4-20(13-16)22(25)26)27-23(29)19-7-5-17(6-8-19)18-9-11-28(32)12-10-18/h2-13,15,21H,14H2,1H3,(H3,25,26)(H,27,29)(H,30,31)/t15-,21-/m1/s1. The third-order valence-electron chi connectivity index (χ3n) is 5.26. The number of carbonyl (C=O) groups excluding carboxylic acids is 1. The van der Waals surface area contributed by atoms with E-state index in [1.165, 1.54) is 12.4 Å². The fourth-order valence-electron chi connectivity index (χ4n) is 3.41. The number of nitrogens with two attached hydrogens (primary N) is 1. The minimum Gasteiger partial charge on any atom is -0.619 e. The molecule has 32 heavy (non-hydrogen) atoms. The Labute approximate surface area is 185 Å². The Hall–Kier alpha value is -4.20. The minimum absolute atomic E-state index is 0.0914. The third-order valence-corrected chi connectivity index (χ3v) is 5.26. The molecular formula is C24H24N4O4. The summed E-state index contributed by atoms with van der Waals surface area (Å²) in [5.41, 5.74) is 8.85. The first kappa shape index (κ1) is 22.5. The van der Waals surface area contributed by atoms with E-state index in [-0.39, 0.29) is 18.2 Å². The van der Waals surface area contributed by atoms with Crippen molar-refractivity contribution in [3.8, 4) is 11.1 Å². The number of amides is 1. The molecule has 0 fully saturated rings. The second kappa shape index (κ2) is 9.74. The van der Waals surface area contributed by atoms with Gasteiger partial charge in [0.2, 0.25) is 0 Å². The first-order valence-corrected chi connectivity index (χ1v) is 10.0. The molecule has 0 saturated carbocycles. The van der Waals surface area contributed by atoms with Crippen molar-refractivity contribution in [1.29, 1.82) is 5.41 Å². The Morgan fingerprint density at radius 2 is 1.69 bits per heavy atom. The summed E-state index contributed by atoms with van der Waals surface area (Å²) >= 11 is 0. The van der Waals surface area contributed by atoms with Crippen LogP contribution in [0.5, 0.6) is 0 Å². The molecule has 0 aliphatic rings. The lowest BCUT2D eigenvalue weighted by molar-refractivity contribution is -0.605. The minimum atomic E-state index is -1.03. The van der Waals surface area contributed by atoms with Crippen molar-refractivity contribution in [3.63, 3.8) is 0 Å². The molecule has 3 aromatic rings. The van der Waals surface area contributed by atoms with Crippen LogP contribution in [-0.4, -0.2) is 28.9 Å². The molecule has 1 heterocycles. The number of carbonyl (C=O) groups is 2. The predicted molar refractivity (Wildman–Crippen MR) is 120 cm³/mol. The van der Waals surface area contributed by atoms with E-state index in [0.717, 1.165) is 16.7 Å². The molecular weight excluding hydrogens is 408 g/mol. The fraction of sp³-hybridized carbons (Fsp3) is 0.167. The highest BCUT2D eigenvalue weighted by molar-refractivity contribution is 5.95. The molecule has 0 radical (unpaired) electrons. The Bertz CT molecular complexity index is 1130. The average Bonchev–Trinajstić information content (AvgIpc) is 2.78. The van der Waals surface area contributed by atoms with E-state index in [2.05, 4.69) is 5.32 Å². The first-order valence-electron chi connectivity index (χ1n) is 10.0. The number of nitrogens with one attached hydrogen (secondary N) is 2. The molecule has 5 N–H and O–H groups in total. The van der Waals surface area contributed by atoms with E-state index in [1.54, 1.807) is 67.6 Å². The summed E-state index contributed by atoms with van der Waals surface area (Å²) in [5.74, 6) is -2.35. The molecule has 164 valence electrons. The topological polar surface area (TPSA) is 143 Å². The zero-order valence-corrected chi connectivity index (χ0v) is 17.5. The lowest BCUT2D eigenvalue weighted by Crippen LogP contribution is -2.42. The van der Waals surface area contributed by atoms with Crippen LogP contribution in [0.3, 0.4) is 0 Å². The van der Waals surface area contributed by atoms with Crippen LogP contribution in [0.15, 0.2) is 73.1 Å². The summed E-state index contributed by atoms with van der Waals surface area (Å²) in [4.78, 5) is 24.5. The molecule has 8 heteroatoms. The van der Waals surface area contributed by atoms with E-state index in [1.807, 2.05) is 0 Å². The summed E-state index contributed by atoms with van der Waals surface area (Å²) in [6.45, 7) is 1.65. The molecule has 0 saturated heterocycles. The summed E-state index contributed by atoms with van der Waals surface area (Å²) in [6, 6.07) is 16.4. The van der Waals surface area contributed by atoms with Gasteiger partial charge in [-0.2, -0.15) is 4.73 Å². The van der Waals surface area contributed by atoms with E-state index in [4.69, 9.17) is 11.1 Å². The lowest BCUT2D eigenvalue weighted by Gasteiger charge is -2.22. The quantitative estimate of drug-likeness (QED) is 0.187. The van der Waals surface area contributed by atoms with Crippen molar-refractivity contribution >= 4 is 17.7 Å². The van der Waals surface area contributed by atoms with Gasteiger partial charge in [-0.05, 0) is 48.2 Å². The van der Waals surface area contributed by atoms with Gasteiger partial charge < -0.3 is 21.4 Å². The van der Waals surface area contributed by atoms with Crippen LogP contribution in [0, 0.1) is 16.5 Å². The Morgan fingerprint density at radius 1 is 1.06 bits per heavy atom. The molecule has 0 spiro atoms. The highest BCUT2D eigenvalue weighted by Gasteiger charge is 2.27. The van der Waals surface area contributed by atoms with Gasteiger partial charge in [0, 0.05) is 29.3 Å². The Balaban J connectivity index is 1.69. The SMILES string of the molecule is C[C@@H](NC(=O)c1ccc(-c2cc[n+]([O-])cc2)cc1)[C@@H](Cc1cccc(C(=N)N)c1)C(=O)O. The number of benzene rings is 2. The van der Waals surface area contributed by atoms with Gasteiger partial charge in [-0.15, -0.1) is 0 Å². The molecule has 3 rings (SSSR count). The Kier molecular flexibility index (Phi) is 6.84. The number of amidine groups is 1. The maximum Gasteiger partial charge on any atom is 0.308 e. The maximum atomic E-state index is 12.7. The van der Waals surface area contributed by atoms with Crippen molar-refractivity contribution < 1.29 is 19.4 Å². The summed E-state index contributed by atoms with van der Waals surface area (Å²) in [5, 5.41) is 31.2. The van der Waals surface area contributed by atoms with Gasteiger partial charge in [0.25, 0.3) is 5.91 Å². The molecule has 1 amide bonds. The van der Waals surface area contributed by atoms with Crippen molar-refractivity contribution in [1.82, 2.24) is 5.32 Å². The number of nitrogens with zero attached hydrogens (tertiary/aromatic N) is 1. The van der Waals surface area contributed by atoms with Gasteiger partial charge in [0.1, 0.15) is 5.84 Å². The molecule has 2 aromatic carbocycles. The number of carboxylic acid groups (broad SMARTS) is 1. The van der Waals surface area contributed by atoms with Gasteiger partial charge in [0.15, 0.2) is 12.4 Å². The third kappa shape index (κ3) is 5.48. The predicted octanol–water partition coefficient (Wildman–Crippen LogP) is 2.33. The highest BCUT2D eigenvalue weighted by atomic mass is 16.5. The highest BCUT2D eigenvalue weighted by Crippen LogP contribution is 2.19. The largest absolute Gasteiger partial charge is 0.619 e. The molecule has 8 nitrogen and oxygen atoms in total. The van der Waals surface area contributed by atoms with E-state index >= 15 is 0 Å². The van der Waals surface area contributed by atoms with Crippen LogP contribution in [0.1, 0.15) is 28.4 Å². The van der Waals surface area contributed by atoms with Crippen LogP contribution in [0.2, 0.25) is 0 Å². The van der Waals surface area contributed by atoms with E-state index in [0.29, 0.717) is 15.9 Å². The molecule has 0 bridgehead atoms. The zero-order chi connectivity index (χ0) is 23.3. The van der Waals surface area contributed by atoms with Crippen molar-refractivity contribution in [2.24, 2.45) is 11.7 Å². The monoisotopic (exact) mass is 432 g/mol. The number of carboxylic acids is 1. The van der Waals surface area contributed by atoms with Crippen LogP contribution >= 0.6 is 0 Å². The number of hydrogen-bond donors (Lipinski definition) is 4. The summed E-state index contributed by atoms with van der Waals surface area (Å²) < 4.78 is 0.696. The van der Waals surface area contributed by atoms with Crippen molar-refractivity contribution in [3.05, 3.63) is 95.0 Å². The summed E-state index contributed by atoms with van der Waals surface area (Å²) in [6.07, 6.45) is 2.98. The van der Waals surface area contributed by atoms with Gasteiger partial charge in [-0.25, -0.2) is 0 Å².